The number of methoxy groups -OCH3 is 3. The van der Waals surface area contributed by atoms with Crippen molar-refractivity contribution in [1.82, 2.24) is 0 Å². The Morgan fingerprint density at radius 1 is 0.853 bits per heavy atom. The third-order valence-corrected chi connectivity index (χ3v) is 5.09. The first-order valence-electron chi connectivity index (χ1n) is 10.7. The molecule has 7 heteroatoms. The van der Waals surface area contributed by atoms with E-state index in [0.717, 1.165) is 5.57 Å². The van der Waals surface area contributed by atoms with E-state index in [2.05, 4.69) is 0 Å². The molecule has 1 N–H and O–H groups in total. The summed E-state index contributed by atoms with van der Waals surface area (Å²) < 4.78 is 41.2. The number of allylic oxidation sites excluding steroid dienone is 1. The summed E-state index contributed by atoms with van der Waals surface area (Å²) in [4.78, 5) is 0. The van der Waals surface area contributed by atoms with Gasteiger partial charge >= 0.3 is 0 Å². The Balaban J connectivity index is 2.12. The summed E-state index contributed by atoms with van der Waals surface area (Å²) in [6, 6.07) is 13.0. The molecule has 0 unspecified atom stereocenters. The van der Waals surface area contributed by atoms with E-state index in [1.165, 1.54) is 33.5 Å². The molecule has 0 amide bonds. The first-order chi connectivity index (χ1) is 16.4. The summed E-state index contributed by atoms with van der Waals surface area (Å²) in [6.07, 6.45) is 1.96. The van der Waals surface area contributed by atoms with Crippen molar-refractivity contribution in [2.45, 2.75) is 13.8 Å². The molecule has 0 bridgehead atoms. The summed E-state index contributed by atoms with van der Waals surface area (Å²) >= 11 is 0. The highest BCUT2D eigenvalue weighted by molar-refractivity contribution is 5.88. The number of aromatic hydroxyl groups is 1. The quantitative estimate of drug-likeness (QED) is 0.282. The fraction of sp³-hybridized carbons (Fsp3) is 0.259. The number of hydrogen-bond donors (Lipinski definition) is 1. The van der Waals surface area contributed by atoms with Gasteiger partial charge in [0, 0.05) is 12.7 Å². The molecule has 34 heavy (non-hydrogen) atoms. The molecule has 0 heterocycles. The molecule has 6 nitrogen and oxygen atoms in total. The van der Waals surface area contributed by atoms with E-state index in [-0.39, 0.29) is 24.1 Å². The van der Waals surface area contributed by atoms with Crippen LogP contribution in [0.1, 0.15) is 13.8 Å². The molecule has 0 aliphatic rings. The average molecular weight is 469 g/mol. The van der Waals surface area contributed by atoms with Crippen LogP contribution < -0.4 is 18.9 Å². The van der Waals surface area contributed by atoms with Gasteiger partial charge in [-0.05, 0) is 61.4 Å². The Bertz CT molecular complexity index is 1150. The summed E-state index contributed by atoms with van der Waals surface area (Å²) in [6.45, 7) is 4.40. The second-order valence-electron chi connectivity index (χ2n) is 7.69. The molecule has 3 aromatic rings. The van der Waals surface area contributed by atoms with E-state index in [1.807, 2.05) is 19.9 Å². The molecular formula is C27H29FO6. The van der Waals surface area contributed by atoms with Crippen LogP contribution >= 0.6 is 0 Å². The summed E-state index contributed by atoms with van der Waals surface area (Å²) in [7, 11) is 4.51. The molecular weight excluding hydrogens is 439 g/mol. The molecule has 0 aliphatic heterocycles. The zero-order valence-corrected chi connectivity index (χ0v) is 20.0. The standard InChI is InChI=1S/C27H29FO6/c1-17(2)12-13-33-22-11-8-19(14-23(22)34-16-30-3)25-24(31-4)15-21(27(32-5)26(25)29)18-6-9-20(28)10-7-18/h6-12,14-15,29H,13,16H2,1-5H3. The predicted molar refractivity (Wildman–Crippen MR) is 129 cm³/mol. The zero-order valence-electron chi connectivity index (χ0n) is 20.0. The SMILES string of the molecule is COCOc1cc(-c2c(OC)cc(-c3ccc(F)cc3)c(OC)c2O)ccc1OCC=C(C)C. The van der Waals surface area contributed by atoms with Crippen LogP contribution in [0.3, 0.4) is 0 Å². The van der Waals surface area contributed by atoms with Crippen LogP contribution in [0, 0.1) is 5.82 Å². The van der Waals surface area contributed by atoms with Gasteiger partial charge in [0.25, 0.3) is 0 Å². The fourth-order valence-corrected chi connectivity index (χ4v) is 3.43. The van der Waals surface area contributed by atoms with E-state index in [1.54, 1.807) is 36.4 Å². The topological polar surface area (TPSA) is 66.4 Å². The maximum Gasteiger partial charge on any atom is 0.188 e. The molecule has 3 rings (SSSR count). The van der Waals surface area contributed by atoms with Gasteiger partial charge in [-0.2, -0.15) is 0 Å². The Morgan fingerprint density at radius 2 is 1.56 bits per heavy atom. The normalized spacial score (nSPS) is 10.5. The first-order valence-corrected chi connectivity index (χ1v) is 10.7. The van der Waals surface area contributed by atoms with E-state index in [4.69, 9.17) is 23.7 Å². The van der Waals surface area contributed by atoms with Crippen molar-refractivity contribution < 1.29 is 33.2 Å². The lowest BCUT2D eigenvalue weighted by Crippen LogP contribution is -2.03. The lowest BCUT2D eigenvalue weighted by atomic mass is 9.96. The van der Waals surface area contributed by atoms with Gasteiger partial charge in [-0.15, -0.1) is 0 Å². The second-order valence-corrected chi connectivity index (χ2v) is 7.69. The maximum absolute atomic E-state index is 13.4. The van der Waals surface area contributed by atoms with Gasteiger partial charge in [-0.1, -0.05) is 23.8 Å². The minimum atomic E-state index is -0.356. The minimum absolute atomic E-state index is 0.0262. The number of ether oxygens (including phenoxy) is 5. The van der Waals surface area contributed by atoms with Crippen molar-refractivity contribution in [3.05, 3.63) is 66.0 Å². The van der Waals surface area contributed by atoms with Gasteiger partial charge in [0.1, 0.15) is 18.2 Å². The summed E-state index contributed by atoms with van der Waals surface area (Å²) in [5, 5.41) is 11.2. The molecule has 0 aliphatic carbocycles. The van der Waals surface area contributed by atoms with E-state index >= 15 is 0 Å². The number of benzene rings is 3. The van der Waals surface area contributed by atoms with E-state index < -0.39 is 0 Å². The van der Waals surface area contributed by atoms with Gasteiger partial charge < -0.3 is 28.8 Å². The average Bonchev–Trinajstić information content (AvgIpc) is 2.83. The van der Waals surface area contributed by atoms with Gasteiger partial charge in [0.2, 0.25) is 0 Å². The van der Waals surface area contributed by atoms with Crippen molar-refractivity contribution in [2.24, 2.45) is 0 Å². The molecule has 0 aromatic heterocycles. The molecule has 0 fully saturated rings. The number of hydrogen-bond acceptors (Lipinski definition) is 6. The van der Waals surface area contributed by atoms with Crippen LogP contribution in [-0.4, -0.2) is 39.8 Å². The third-order valence-electron chi connectivity index (χ3n) is 5.09. The maximum atomic E-state index is 13.4. The van der Waals surface area contributed by atoms with Crippen molar-refractivity contribution in [3.8, 4) is 51.0 Å². The lowest BCUT2D eigenvalue weighted by Gasteiger charge is -2.19. The van der Waals surface area contributed by atoms with E-state index in [9.17, 15) is 9.50 Å². The molecule has 180 valence electrons. The Labute approximate surface area is 199 Å². The van der Waals surface area contributed by atoms with Crippen molar-refractivity contribution in [2.75, 3.05) is 34.7 Å². The monoisotopic (exact) mass is 468 g/mol. The molecule has 3 aromatic carbocycles. The molecule has 0 saturated carbocycles. The van der Waals surface area contributed by atoms with Crippen LogP contribution in [0.25, 0.3) is 22.3 Å². The summed E-state index contributed by atoms with van der Waals surface area (Å²) in [5.74, 6) is 1.17. The number of rotatable bonds is 10. The Hall–Kier alpha value is -3.71. The largest absolute Gasteiger partial charge is 0.504 e. The number of phenolic OH excluding ortho intramolecular Hbond substituents is 1. The third kappa shape index (κ3) is 5.61. The molecule has 0 saturated heterocycles. The van der Waals surface area contributed by atoms with Crippen LogP contribution in [0.2, 0.25) is 0 Å². The van der Waals surface area contributed by atoms with Crippen LogP contribution in [0.15, 0.2) is 60.2 Å². The lowest BCUT2D eigenvalue weighted by molar-refractivity contribution is 0.0489. The molecule has 0 spiro atoms. The van der Waals surface area contributed by atoms with Crippen LogP contribution in [0.4, 0.5) is 4.39 Å². The smallest absolute Gasteiger partial charge is 0.188 e. The minimum Gasteiger partial charge on any atom is -0.504 e. The van der Waals surface area contributed by atoms with Crippen molar-refractivity contribution in [1.29, 1.82) is 0 Å². The molecule has 0 atom stereocenters. The van der Waals surface area contributed by atoms with Crippen LogP contribution in [-0.2, 0) is 4.74 Å². The molecule has 0 radical (unpaired) electrons. The second kappa shape index (κ2) is 11.4. The highest BCUT2D eigenvalue weighted by Gasteiger charge is 2.23. The first kappa shape index (κ1) is 24.9. The van der Waals surface area contributed by atoms with Gasteiger partial charge in [0.05, 0.1) is 19.8 Å². The highest BCUT2D eigenvalue weighted by Crippen LogP contribution is 2.50. The van der Waals surface area contributed by atoms with Crippen molar-refractivity contribution in [3.63, 3.8) is 0 Å². The Morgan fingerprint density at radius 3 is 2.18 bits per heavy atom. The predicted octanol–water partition coefficient (Wildman–Crippen LogP) is 6.21. The van der Waals surface area contributed by atoms with Crippen molar-refractivity contribution >= 4 is 0 Å². The van der Waals surface area contributed by atoms with E-state index in [0.29, 0.717) is 46.1 Å². The number of phenols is 1. The highest BCUT2D eigenvalue weighted by atomic mass is 19.1. The number of halogens is 1. The fourth-order valence-electron chi connectivity index (χ4n) is 3.43. The van der Waals surface area contributed by atoms with Gasteiger partial charge in [0.15, 0.2) is 29.8 Å². The Kier molecular flexibility index (Phi) is 8.38. The van der Waals surface area contributed by atoms with Gasteiger partial charge in [-0.25, -0.2) is 4.39 Å². The van der Waals surface area contributed by atoms with Gasteiger partial charge in [-0.3, -0.25) is 0 Å². The van der Waals surface area contributed by atoms with Crippen LogP contribution in [0.5, 0.6) is 28.7 Å². The zero-order chi connectivity index (χ0) is 24.7. The summed E-state index contributed by atoms with van der Waals surface area (Å²) in [5.41, 5.74) is 3.42.